The lowest BCUT2D eigenvalue weighted by Crippen LogP contribution is -2.52. The number of amides is 2. The summed E-state index contributed by atoms with van der Waals surface area (Å²) in [7, 11) is 0. The van der Waals surface area contributed by atoms with Gasteiger partial charge in [-0.05, 0) is 17.7 Å². The van der Waals surface area contributed by atoms with E-state index in [0.717, 1.165) is 19.6 Å². The molecule has 1 fully saturated rings. The van der Waals surface area contributed by atoms with Crippen molar-refractivity contribution in [2.45, 2.75) is 0 Å². The monoisotopic (exact) mass is 392 g/mol. The van der Waals surface area contributed by atoms with Crippen molar-refractivity contribution in [1.82, 2.24) is 14.8 Å². The number of rotatable bonds is 5. The first-order chi connectivity index (χ1) is 14.2. The fourth-order valence-corrected chi connectivity index (χ4v) is 3.51. The van der Waals surface area contributed by atoms with Crippen LogP contribution in [0.5, 0.6) is 5.75 Å². The molecule has 0 radical (unpaired) electrons. The molecule has 3 heterocycles. The predicted molar refractivity (Wildman–Crippen MR) is 111 cm³/mol. The fourth-order valence-electron chi connectivity index (χ4n) is 3.51. The number of nitrogens with zero attached hydrogens (tertiary/aromatic N) is 4. The lowest BCUT2D eigenvalue weighted by molar-refractivity contribution is -0.133. The van der Waals surface area contributed by atoms with Gasteiger partial charge in [0, 0.05) is 38.9 Å². The second-order valence-corrected chi connectivity index (χ2v) is 7.09. The molecule has 7 heteroatoms. The molecule has 29 heavy (non-hydrogen) atoms. The number of carbonyl (C=O) groups is 2. The maximum Gasteiger partial charge on any atom is 0.266 e. The van der Waals surface area contributed by atoms with Gasteiger partial charge in [-0.15, -0.1) is 0 Å². The molecule has 0 unspecified atom stereocenters. The third kappa shape index (κ3) is 4.63. The summed E-state index contributed by atoms with van der Waals surface area (Å²) in [6.45, 7) is 3.74. The van der Waals surface area contributed by atoms with Crippen molar-refractivity contribution in [2.24, 2.45) is 0 Å². The quantitative estimate of drug-likeness (QED) is 0.774. The molecule has 7 nitrogen and oxygen atoms in total. The van der Waals surface area contributed by atoms with E-state index < -0.39 is 0 Å². The van der Waals surface area contributed by atoms with Crippen LogP contribution in [0.15, 0.2) is 54.7 Å². The maximum absolute atomic E-state index is 12.8. The van der Waals surface area contributed by atoms with Crippen LogP contribution >= 0.6 is 0 Å². The zero-order chi connectivity index (χ0) is 20.1. The zero-order valence-corrected chi connectivity index (χ0v) is 16.2. The molecule has 0 spiro atoms. The van der Waals surface area contributed by atoms with Crippen molar-refractivity contribution in [1.29, 1.82) is 0 Å². The van der Waals surface area contributed by atoms with Gasteiger partial charge in [0.2, 0.25) is 5.91 Å². The molecule has 1 aromatic heterocycles. The van der Waals surface area contributed by atoms with Crippen LogP contribution in [0, 0.1) is 0 Å². The Labute approximate surface area is 170 Å². The standard InChI is InChI=1S/C22H24N4O3/c27-20(16-26-21(28)17-29-19-9-4-10-23-22(19)26)25-14-12-24(13-15-25)11-5-8-18-6-2-1-3-7-18/h1-10H,11-17H2/b8-5+. The molecule has 1 saturated heterocycles. The Kier molecular flexibility index (Phi) is 5.86. The lowest BCUT2D eigenvalue weighted by atomic mass is 10.2. The first-order valence-corrected chi connectivity index (χ1v) is 9.80. The average molecular weight is 392 g/mol. The van der Waals surface area contributed by atoms with Gasteiger partial charge in [-0.25, -0.2) is 4.98 Å². The number of carbonyl (C=O) groups excluding carboxylic acids is 2. The van der Waals surface area contributed by atoms with E-state index in [9.17, 15) is 9.59 Å². The largest absolute Gasteiger partial charge is 0.480 e. The van der Waals surface area contributed by atoms with Crippen LogP contribution in [-0.2, 0) is 9.59 Å². The molecule has 0 atom stereocenters. The molecular weight excluding hydrogens is 368 g/mol. The molecule has 4 rings (SSSR count). The number of fused-ring (bicyclic) bond motifs is 1. The second kappa shape index (κ2) is 8.87. The van der Waals surface area contributed by atoms with E-state index in [1.807, 2.05) is 23.1 Å². The van der Waals surface area contributed by atoms with E-state index in [1.165, 1.54) is 10.5 Å². The molecule has 0 aliphatic carbocycles. The number of aromatic nitrogens is 1. The Hall–Kier alpha value is -3.19. The smallest absolute Gasteiger partial charge is 0.266 e. The minimum atomic E-state index is -0.241. The highest BCUT2D eigenvalue weighted by Gasteiger charge is 2.30. The first kappa shape index (κ1) is 19.1. The SMILES string of the molecule is O=C(CN1C(=O)COc2cccnc21)N1CCN(C/C=C/c2ccccc2)CC1. The molecule has 1 aromatic carbocycles. The lowest BCUT2D eigenvalue weighted by Gasteiger charge is -2.36. The second-order valence-electron chi connectivity index (χ2n) is 7.09. The highest BCUT2D eigenvalue weighted by Crippen LogP contribution is 2.28. The van der Waals surface area contributed by atoms with Crippen molar-refractivity contribution in [3.8, 4) is 5.75 Å². The summed E-state index contributed by atoms with van der Waals surface area (Å²) in [5, 5.41) is 0. The van der Waals surface area contributed by atoms with Crippen molar-refractivity contribution < 1.29 is 14.3 Å². The minimum absolute atomic E-state index is 0.000116. The average Bonchev–Trinajstić information content (AvgIpc) is 2.77. The Morgan fingerprint density at radius 1 is 1.07 bits per heavy atom. The van der Waals surface area contributed by atoms with Crippen LogP contribution in [0.3, 0.4) is 0 Å². The Bertz CT molecular complexity index is 892. The number of anilines is 1. The summed E-state index contributed by atoms with van der Waals surface area (Å²) in [5.74, 6) is 0.655. The Morgan fingerprint density at radius 2 is 1.86 bits per heavy atom. The molecule has 0 N–H and O–H groups in total. The van der Waals surface area contributed by atoms with Crippen LogP contribution in [0.2, 0.25) is 0 Å². The summed E-state index contributed by atoms with van der Waals surface area (Å²) in [5.41, 5.74) is 1.19. The van der Waals surface area contributed by atoms with Gasteiger partial charge in [-0.3, -0.25) is 19.4 Å². The molecule has 2 aliphatic heterocycles. The van der Waals surface area contributed by atoms with Crippen LogP contribution in [0.4, 0.5) is 5.82 Å². The van der Waals surface area contributed by atoms with Crippen LogP contribution in [0.1, 0.15) is 5.56 Å². The Morgan fingerprint density at radius 3 is 2.66 bits per heavy atom. The van der Waals surface area contributed by atoms with Gasteiger partial charge in [0.05, 0.1) is 0 Å². The normalized spacial score (nSPS) is 17.3. The van der Waals surface area contributed by atoms with Gasteiger partial charge in [0.1, 0.15) is 6.54 Å². The van der Waals surface area contributed by atoms with Gasteiger partial charge in [-0.2, -0.15) is 0 Å². The molecule has 150 valence electrons. The molecule has 0 bridgehead atoms. The zero-order valence-electron chi connectivity index (χ0n) is 16.2. The van der Waals surface area contributed by atoms with Gasteiger partial charge in [-0.1, -0.05) is 42.5 Å². The number of ether oxygens (including phenoxy) is 1. The molecule has 2 aliphatic rings. The van der Waals surface area contributed by atoms with E-state index in [1.54, 1.807) is 18.3 Å². The highest BCUT2D eigenvalue weighted by molar-refractivity contribution is 6.01. The summed E-state index contributed by atoms with van der Waals surface area (Å²) in [4.78, 5) is 34.8. The van der Waals surface area contributed by atoms with Crippen molar-refractivity contribution in [2.75, 3.05) is 50.8 Å². The Balaban J connectivity index is 1.28. The van der Waals surface area contributed by atoms with Crippen molar-refractivity contribution in [3.63, 3.8) is 0 Å². The molecular formula is C22H24N4O3. The van der Waals surface area contributed by atoms with E-state index in [0.29, 0.717) is 24.7 Å². The number of hydrogen-bond acceptors (Lipinski definition) is 5. The first-order valence-electron chi connectivity index (χ1n) is 9.80. The minimum Gasteiger partial charge on any atom is -0.480 e. The summed E-state index contributed by atoms with van der Waals surface area (Å²) in [6, 6.07) is 13.7. The topological polar surface area (TPSA) is 66.0 Å². The van der Waals surface area contributed by atoms with Crippen molar-refractivity contribution >= 4 is 23.7 Å². The van der Waals surface area contributed by atoms with Gasteiger partial charge in [0.25, 0.3) is 5.91 Å². The number of hydrogen-bond donors (Lipinski definition) is 0. The van der Waals surface area contributed by atoms with Crippen molar-refractivity contribution in [3.05, 3.63) is 60.3 Å². The van der Waals surface area contributed by atoms with Gasteiger partial charge in [0.15, 0.2) is 18.2 Å². The molecule has 2 aromatic rings. The predicted octanol–water partition coefficient (Wildman–Crippen LogP) is 1.66. The molecule has 2 amide bonds. The van der Waals surface area contributed by atoms with Crippen LogP contribution in [0.25, 0.3) is 6.08 Å². The number of piperazine rings is 1. The maximum atomic E-state index is 12.8. The molecule has 0 saturated carbocycles. The van der Waals surface area contributed by atoms with Gasteiger partial charge < -0.3 is 9.64 Å². The summed E-state index contributed by atoms with van der Waals surface area (Å²) >= 11 is 0. The third-order valence-electron chi connectivity index (χ3n) is 5.15. The number of benzene rings is 1. The van der Waals surface area contributed by atoms with E-state index in [4.69, 9.17) is 4.74 Å². The van der Waals surface area contributed by atoms with Crippen LogP contribution in [-0.4, -0.2) is 72.5 Å². The van der Waals surface area contributed by atoms with Gasteiger partial charge >= 0.3 is 0 Å². The third-order valence-corrected chi connectivity index (χ3v) is 5.15. The summed E-state index contributed by atoms with van der Waals surface area (Å²) in [6.07, 6.45) is 5.87. The fraction of sp³-hybridized carbons (Fsp3) is 0.318. The number of pyridine rings is 1. The highest BCUT2D eigenvalue weighted by atomic mass is 16.5. The summed E-state index contributed by atoms with van der Waals surface area (Å²) < 4.78 is 5.38. The van der Waals surface area contributed by atoms with Crippen LogP contribution < -0.4 is 9.64 Å². The van der Waals surface area contributed by atoms with E-state index >= 15 is 0 Å². The van der Waals surface area contributed by atoms with E-state index in [2.05, 4.69) is 34.2 Å². The van der Waals surface area contributed by atoms with E-state index in [-0.39, 0.29) is 25.0 Å².